The lowest BCUT2D eigenvalue weighted by molar-refractivity contribution is 0.133. The molecule has 3 unspecified atom stereocenters. The second-order valence-corrected chi connectivity index (χ2v) is 5.70. The van der Waals surface area contributed by atoms with Gasteiger partial charge in [0, 0.05) is 19.0 Å². The monoisotopic (exact) mass is 271 g/mol. The molecule has 6 nitrogen and oxygen atoms in total. The van der Waals surface area contributed by atoms with E-state index in [0.29, 0.717) is 11.8 Å². The van der Waals surface area contributed by atoms with Gasteiger partial charge in [0.15, 0.2) is 0 Å². The number of aliphatic hydroxyl groups is 1. The van der Waals surface area contributed by atoms with Crippen molar-refractivity contribution in [1.29, 1.82) is 0 Å². The zero-order chi connectivity index (χ0) is 13.5. The first kappa shape index (κ1) is 11.8. The van der Waals surface area contributed by atoms with Crippen LogP contribution >= 0.6 is 0 Å². The third-order valence-electron chi connectivity index (χ3n) is 4.56. The number of nitrogens with zero attached hydrogens (tertiary/aromatic N) is 5. The molecule has 1 aliphatic carbocycles. The fourth-order valence-corrected chi connectivity index (χ4v) is 3.52. The summed E-state index contributed by atoms with van der Waals surface area (Å²) in [7, 11) is 0. The van der Waals surface area contributed by atoms with E-state index in [9.17, 15) is 5.11 Å². The van der Waals surface area contributed by atoms with Gasteiger partial charge in [0.1, 0.15) is 0 Å². The van der Waals surface area contributed by atoms with Crippen LogP contribution in [-0.2, 0) is 0 Å². The summed E-state index contributed by atoms with van der Waals surface area (Å²) in [5.41, 5.74) is 0.963. The van der Waals surface area contributed by atoms with Gasteiger partial charge in [0.05, 0.1) is 11.8 Å². The van der Waals surface area contributed by atoms with Crippen molar-refractivity contribution in [2.45, 2.75) is 18.9 Å². The Morgan fingerprint density at radius 3 is 2.75 bits per heavy atom. The van der Waals surface area contributed by atoms with E-state index in [-0.39, 0.29) is 6.10 Å². The molecule has 20 heavy (non-hydrogen) atoms. The Morgan fingerprint density at radius 2 is 1.95 bits per heavy atom. The summed E-state index contributed by atoms with van der Waals surface area (Å²) in [4.78, 5) is 2.20. The average molecular weight is 271 g/mol. The summed E-state index contributed by atoms with van der Waals surface area (Å²) in [6.07, 6.45) is 1.88. The number of benzene rings is 1. The summed E-state index contributed by atoms with van der Waals surface area (Å²) in [6.45, 7) is 1.79. The number of hydrogen-bond acceptors (Lipinski definition) is 5. The Balaban J connectivity index is 1.63. The van der Waals surface area contributed by atoms with E-state index >= 15 is 0 Å². The van der Waals surface area contributed by atoms with Crippen LogP contribution in [0.1, 0.15) is 12.8 Å². The molecule has 1 saturated carbocycles. The van der Waals surface area contributed by atoms with Gasteiger partial charge in [-0.15, -0.1) is 0 Å². The maximum atomic E-state index is 10.0. The molecule has 6 heteroatoms. The van der Waals surface area contributed by atoms with Gasteiger partial charge in [0.25, 0.3) is 0 Å². The van der Waals surface area contributed by atoms with E-state index in [4.69, 9.17) is 0 Å². The van der Waals surface area contributed by atoms with Gasteiger partial charge >= 0.3 is 0 Å². The van der Waals surface area contributed by atoms with Crippen molar-refractivity contribution in [3.8, 4) is 5.69 Å². The Kier molecular flexibility index (Phi) is 2.70. The Bertz CT molecular complexity index is 599. The average Bonchev–Trinajstić information content (AvgIpc) is 3.17. The molecule has 1 saturated heterocycles. The number of rotatable bonds is 2. The number of anilines is 1. The van der Waals surface area contributed by atoms with Crippen molar-refractivity contribution in [2.24, 2.45) is 11.8 Å². The van der Waals surface area contributed by atoms with E-state index in [1.165, 1.54) is 0 Å². The molecule has 3 atom stereocenters. The van der Waals surface area contributed by atoms with Crippen LogP contribution in [-0.4, -0.2) is 44.5 Å². The van der Waals surface area contributed by atoms with E-state index in [1.54, 1.807) is 4.68 Å². The number of hydrogen-bond donors (Lipinski definition) is 1. The van der Waals surface area contributed by atoms with Crippen LogP contribution in [0.4, 0.5) is 5.95 Å². The van der Waals surface area contributed by atoms with Gasteiger partial charge in [-0.1, -0.05) is 23.3 Å². The Labute approximate surface area is 117 Å². The van der Waals surface area contributed by atoms with Crippen LogP contribution in [0.25, 0.3) is 5.69 Å². The fraction of sp³-hybridized carbons (Fsp3) is 0.500. The summed E-state index contributed by atoms with van der Waals surface area (Å²) in [5, 5.41) is 22.1. The lowest BCUT2D eigenvalue weighted by Gasteiger charge is -2.18. The van der Waals surface area contributed by atoms with Gasteiger partial charge < -0.3 is 10.0 Å². The number of fused-ring (bicyclic) bond motifs is 1. The summed E-state index contributed by atoms with van der Waals surface area (Å²) in [5.74, 6) is 1.72. The molecule has 1 aromatic heterocycles. The molecule has 1 aliphatic heterocycles. The van der Waals surface area contributed by atoms with Crippen molar-refractivity contribution >= 4 is 5.95 Å². The maximum Gasteiger partial charge on any atom is 0.250 e. The van der Waals surface area contributed by atoms with Gasteiger partial charge in [-0.25, -0.2) is 0 Å². The van der Waals surface area contributed by atoms with Crippen molar-refractivity contribution in [3.05, 3.63) is 30.3 Å². The topological polar surface area (TPSA) is 67.1 Å². The van der Waals surface area contributed by atoms with Gasteiger partial charge in [0.2, 0.25) is 5.95 Å². The highest BCUT2D eigenvalue weighted by atomic mass is 16.3. The third-order valence-corrected chi connectivity index (χ3v) is 4.56. The number of para-hydroxylation sites is 1. The van der Waals surface area contributed by atoms with Crippen LogP contribution in [0.3, 0.4) is 0 Å². The number of aliphatic hydroxyl groups excluding tert-OH is 1. The van der Waals surface area contributed by atoms with Gasteiger partial charge in [-0.2, -0.15) is 4.68 Å². The molecule has 104 valence electrons. The minimum Gasteiger partial charge on any atom is -0.393 e. The van der Waals surface area contributed by atoms with Crippen LogP contribution < -0.4 is 4.90 Å². The van der Waals surface area contributed by atoms with E-state index in [0.717, 1.165) is 37.6 Å². The Hall–Kier alpha value is -1.95. The molecule has 2 aromatic rings. The molecule has 0 spiro atoms. The zero-order valence-corrected chi connectivity index (χ0v) is 11.1. The van der Waals surface area contributed by atoms with Crippen molar-refractivity contribution in [1.82, 2.24) is 20.2 Å². The molecule has 1 aromatic carbocycles. The van der Waals surface area contributed by atoms with E-state index < -0.39 is 0 Å². The Morgan fingerprint density at radius 1 is 1.10 bits per heavy atom. The minimum absolute atomic E-state index is 0.161. The van der Waals surface area contributed by atoms with Crippen molar-refractivity contribution < 1.29 is 5.11 Å². The highest BCUT2D eigenvalue weighted by molar-refractivity contribution is 5.41. The van der Waals surface area contributed by atoms with E-state index in [2.05, 4.69) is 20.4 Å². The normalized spacial score (nSPS) is 28.9. The molecule has 2 fully saturated rings. The maximum absolute atomic E-state index is 10.0. The van der Waals surface area contributed by atoms with Crippen molar-refractivity contribution in [3.63, 3.8) is 0 Å². The predicted octanol–water partition coefficient (Wildman–Crippen LogP) is 0.869. The summed E-state index contributed by atoms with van der Waals surface area (Å²) >= 11 is 0. The smallest absolute Gasteiger partial charge is 0.250 e. The first-order chi connectivity index (χ1) is 9.83. The molecule has 0 amide bonds. The number of tetrazole rings is 1. The zero-order valence-electron chi connectivity index (χ0n) is 11.1. The molecular formula is C14H17N5O. The van der Waals surface area contributed by atoms with Crippen LogP contribution in [0.5, 0.6) is 0 Å². The van der Waals surface area contributed by atoms with Crippen molar-refractivity contribution in [2.75, 3.05) is 18.0 Å². The lowest BCUT2D eigenvalue weighted by atomic mass is 10.00. The van der Waals surface area contributed by atoms with Crippen LogP contribution in [0.15, 0.2) is 30.3 Å². The minimum atomic E-state index is -0.161. The third kappa shape index (κ3) is 1.79. The SMILES string of the molecule is OC1CCC2CN(c3nnnn3-c3ccccc3)CC12. The molecule has 4 rings (SSSR count). The molecule has 2 heterocycles. The van der Waals surface area contributed by atoms with Gasteiger partial charge in [-0.05, 0) is 41.3 Å². The first-order valence-corrected chi connectivity index (χ1v) is 7.10. The van der Waals surface area contributed by atoms with Crippen LogP contribution in [0, 0.1) is 11.8 Å². The fourth-order valence-electron chi connectivity index (χ4n) is 3.52. The number of aromatic nitrogens is 4. The van der Waals surface area contributed by atoms with E-state index in [1.807, 2.05) is 30.3 Å². The van der Waals surface area contributed by atoms with Crippen LogP contribution in [0.2, 0.25) is 0 Å². The summed E-state index contributed by atoms with van der Waals surface area (Å²) in [6, 6.07) is 9.91. The highest BCUT2D eigenvalue weighted by Gasteiger charge is 2.43. The molecule has 0 radical (unpaired) electrons. The first-order valence-electron chi connectivity index (χ1n) is 7.10. The largest absolute Gasteiger partial charge is 0.393 e. The predicted molar refractivity (Wildman–Crippen MR) is 73.6 cm³/mol. The lowest BCUT2D eigenvalue weighted by Crippen LogP contribution is -2.27. The highest BCUT2D eigenvalue weighted by Crippen LogP contribution is 2.39. The second-order valence-electron chi connectivity index (χ2n) is 5.70. The molecular weight excluding hydrogens is 254 g/mol. The molecule has 2 aliphatic rings. The quantitative estimate of drug-likeness (QED) is 0.878. The molecule has 1 N–H and O–H groups in total. The second kappa shape index (κ2) is 4.56. The molecule has 0 bridgehead atoms. The van der Waals surface area contributed by atoms with Gasteiger partial charge in [-0.3, -0.25) is 0 Å². The standard InChI is InChI=1S/C14H17N5O/c20-13-7-6-10-8-18(9-12(10)13)14-15-16-17-19(14)11-4-2-1-3-5-11/h1-5,10,12-13,20H,6-9H2. The summed E-state index contributed by atoms with van der Waals surface area (Å²) < 4.78 is 1.77.